The summed E-state index contributed by atoms with van der Waals surface area (Å²) < 4.78 is 5.85. The van der Waals surface area contributed by atoms with Crippen LogP contribution in [0.2, 0.25) is 0 Å². The smallest absolute Gasteiger partial charge is 0.248 e. The highest BCUT2D eigenvalue weighted by molar-refractivity contribution is 6.08. The number of nitrogens with one attached hydrogen (secondary N) is 1. The third-order valence-corrected chi connectivity index (χ3v) is 3.72. The summed E-state index contributed by atoms with van der Waals surface area (Å²) in [6.07, 6.45) is 0.415. The van der Waals surface area contributed by atoms with E-state index in [2.05, 4.69) is 4.98 Å². The molecule has 0 bridgehead atoms. The number of ketones is 1. The number of aromatic nitrogens is 1. The molecule has 1 N–H and O–H groups in total. The quantitative estimate of drug-likeness (QED) is 0.731. The lowest BCUT2D eigenvalue weighted by Gasteiger charge is -2.11. The minimum atomic E-state index is -0.219. The first-order chi connectivity index (χ1) is 11.2. The van der Waals surface area contributed by atoms with Crippen molar-refractivity contribution in [3.63, 3.8) is 0 Å². The van der Waals surface area contributed by atoms with E-state index in [4.69, 9.17) is 4.74 Å². The molecule has 0 aliphatic heterocycles. The van der Waals surface area contributed by atoms with Gasteiger partial charge in [-0.2, -0.15) is 0 Å². The third-order valence-electron chi connectivity index (χ3n) is 3.72. The van der Waals surface area contributed by atoms with E-state index in [1.54, 1.807) is 18.2 Å². The van der Waals surface area contributed by atoms with E-state index in [-0.39, 0.29) is 11.3 Å². The van der Waals surface area contributed by atoms with Crippen LogP contribution in [0.25, 0.3) is 10.9 Å². The van der Waals surface area contributed by atoms with Crippen molar-refractivity contribution in [1.29, 1.82) is 0 Å². The molecule has 23 heavy (non-hydrogen) atoms. The van der Waals surface area contributed by atoms with Gasteiger partial charge >= 0.3 is 0 Å². The van der Waals surface area contributed by atoms with Crippen LogP contribution >= 0.6 is 0 Å². The van der Waals surface area contributed by atoms with E-state index in [0.717, 1.165) is 5.56 Å². The van der Waals surface area contributed by atoms with Crippen LogP contribution in [0.4, 0.5) is 0 Å². The molecule has 116 valence electrons. The summed E-state index contributed by atoms with van der Waals surface area (Å²) in [7, 11) is 0. The van der Waals surface area contributed by atoms with Crippen LogP contribution in [0.5, 0.6) is 5.75 Å². The monoisotopic (exact) mass is 307 g/mol. The highest BCUT2D eigenvalue weighted by atomic mass is 16.5. The van der Waals surface area contributed by atoms with Gasteiger partial charge in [-0.1, -0.05) is 37.3 Å². The van der Waals surface area contributed by atoms with Crippen LogP contribution in [0.3, 0.4) is 0 Å². The predicted octanol–water partition coefficient (Wildman–Crippen LogP) is 3.70. The Hall–Kier alpha value is -2.88. The zero-order valence-electron chi connectivity index (χ0n) is 12.8. The van der Waals surface area contributed by atoms with Crippen molar-refractivity contribution in [2.24, 2.45) is 0 Å². The fraction of sp³-hybridized carbons (Fsp3) is 0.158. The molecular formula is C19H17NO3. The van der Waals surface area contributed by atoms with Gasteiger partial charge in [0.1, 0.15) is 12.4 Å². The van der Waals surface area contributed by atoms with Crippen molar-refractivity contribution < 1.29 is 9.53 Å². The molecule has 0 saturated heterocycles. The van der Waals surface area contributed by atoms with Crippen molar-refractivity contribution in [2.45, 2.75) is 20.0 Å². The lowest BCUT2D eigenvalue weighted by atomic mass is 10.0. The zero-order valence-corrected chi connectivity index (χ0v) is 12.8. The molecule has 0 amide bonds. The van der Waals surface area contributed by atoms with Crippen LogP contribution in [-0.4, -0.2) is 10.8 Å². The number of hydrogen-bond acceptors (Lipinski definition) is 3. The molecule has 3 aromatic rings. The van der Waals surface area contributed by atoms with E-state index >= 15 is 0 Å². The Kier molecular flexibility index (Phi) is 4.24. The molecular weight excluding hydrogens is 290 g/mol. The molecule has 0 aliphatic rings. The van der Waals surface area contributed by atoms with Crippen molar-refractivity contribution >= 4 is 16.7 Å². The summed E-state index contributed by atoms with van der Waals surface area (Å²) in [5.74, 6) is 0.603. The van der Waals surface area contributed by atoms with Gasteiger partial charge in [0, 0.05) is 23.4 Å². The van der Waals surface area contributed by atoms with Crippen LogP contribution in [0.15, 0.2) is 59.4 Å². The second-order valence-corrected chi connectivity index (χ2v) is 5.27. The lowest BCUT2D eigenvalue weighted by molar-refractivity contribution is 0.0989. The molecule has 0 saturated carbocycles. The van der Waals surface area contributed by atoms with Gasteiger partial charge < -0.3 is 9.72 Å². The summed E-state index contributed by atoms with van der Waals surface area (Å²) in [6.45, 7) is 2.22. The molecule has 0 spiro atoms. The van der Waals surface area contributed by atoms with Crippen LogP contribution in [0, 0.1) is 0 Å². The molecule has 4 heteroatoms. The number of aromatic amines is 1. The number of fused-ring (bicyclic) bond motifs is 1. The maximum atomic E-state index is 12.1. The Morgan fingerprint density at radius 1 is 1.04 bits per heavy atom. The average Bonchev–Trinajstić information content (AvgIpc) is 2.59. The van der Waals surface area contributed by atoms with E-state index in [9.17, 15) is 9.59 Å². The summed E-state index contributed by atoms with van der Waals surface area (Å²) in [5.41, 5.74) is 1.98. The number of hydrogen-bond donors (Lipinski definition) is 1. The number of H-pyrrole nitrogens is 1. The summed E-state index contributed by atoms with van der Waals surface area (Å²) in [4.78, 5) is 26.5. The third kappa shape index (κ3) is 3.16. The number of carbonyl (C=O) groups is 1. The molecule has 0 atom stereocenters. The standard InChI is InChI=1S/C19H17NO3/c1-2-16(21)14-8-10-17(19-15(14)9-11-18(22)20-19)23-12-13-6-4-3-5-7-13/h3-11H,2,12H2,1H3,(H,20,22). The van der Waals surface area contributed by atoms with Crippen molar-refractivity contribution in [2.75, 3.05) is 0 Å². The van der Waals surface area contributed by atoms with E-state index < -0.39 is 0 Å². The lowest BCUT2D eigenvalue weighted by Crippen LogP contribution is -2.07. The number of Topliss-reactive ketones (excluding diaryl/α,β-unsaturated/α-hetero) is 1. The van der Waals surface area contributed by atoms with Gasteiger partial charge in [-0.15, -0.1) is 0 Å². The molecule has 2 aromatic carbocycles. The van der Waals surface area contributed by atoms with Crippen LogP contribution in [0.1, 0.15) is 29.3 Å². The summed E-state index contributed by atoms with van der Waals surface area (Å²) in [5, 5.41) is 0.710. The molecule has 0 aliphatic carbocycles. The second-order valence-electron chi connectivity index (χ2n) is 5.27. The molecule has 0 unspecified atom stereocenters. The maximum Gasteiger partial charge on any atom is 0.248 e. The highest BCUT2D eigenvalue weighted by Gasteiger charge is 2.12. The average molecular weight is 307 g/mol. The molecule has 1 heterocycles. The topological polar surface area (TPSA) is 59.2 Å². The van der Waals surface area contributed by atoms with Gasteiger partial charge in [-0.05, 0) is 23.8 Å². The Bertz CT molecular complexity index is 897. The second kappa shape index (κ2) is 6.48. The van der Waals surface area contributed by atoms with Crippen molar-refractivity contribution in [3.8, 4) is 5.75 Å². The molecule has 1 aromatic heterocycles. The van der Waals surface area contributed by atoms with Crippen molar-refractivity contribution in [3.05, 3.63) is 76.1 Å². The largest absolute Gasteiger partial charge is 0.487 e. The highest BCUT2D eigenvalue weighted by Crippen LogP contribution is 2.27. The van der Waals surface area contributed by atoms with Crippen LogP contribution in [-0.2, 0) is 6.61 Å². The minimum absolute atomic E-state index is 0.0386. The normalized spacial score (nSPS) is 10.7. The van der Waals surface area contributed by atoms with E-state index in [0.29, 0.717) is 35.2 Å². The summed E-state index contributed by atoms with van der Waals surface area (Å²) in [6, 6.07) is 16.4. The molecule has 0 fully saturated rings. The minimum Gasteiger partial charge on any atom is -0.487 e. The van der Waals surface area contributed by atoms with E-state index in [1.807, 2.05) is 37.3 Å². The molecule has 3 rings (SSSR count). The Labute approximate surface area is 133 Å². The number of benzene rings is 2. The first-order valence-corrected chi connectivity index (χ1v) is 7.55. The Morgan fingerprint density at radius 3 is 2.57 bits per heavy atom. The maximum absolute atomic E-state index is 12.1. The Morgan fingerprint density at radius 2 is 1.83 bits per heavy atom. The molecule has 0 radical (unpaired) electrons. The predicted molar refractivity (Wildman–Crippen MR) is 90.0 cm³/mol. The van der Waals surface area contributed by atoms with Crippen LogP contribution < -0.4 is 10.3 Å². The number of pyridine rings is 1. The van der Waals surface area contributed by atoms with Gasteiger partial charge in [0.2, 0.25) is 5.56 Å². The Balaban J connectivity index is 2.02. The van der Waals surface area contributed by atoms with Crippen molar-refractivity contribution in [1.82, 2.24) is 4.98 Å². The summed E-state index contributed by atoms with van der Waals surface area (Å²) >= 11 is 0. The van der Waals surface area contributed by atoms with Gasteiger partial charge in [-0.3, -0.25) is 9.59 Å². The van der Waals surface area contributed by atoms with Gasteiger partial charge in [0.15, 0.2) is 5.78 Å². The number of carbonyl (C=O) groups excluding carboxylic acids is 1. The SMILES string of the molecule is CCC(=O)c1ccc(OCc2ccccc2)c2[nH]c(=O)ccc12. The van der Waals surface area contributed by atoms with Gasteiger partial charge in [-0.25, -0.2) is 0 Å². The van der Waals surface area contributed by atoms with Gasteiger partial charge in [0.25, 0.3) is 0 Å². The zero-order chi connectivity index (χ0) is 16.2. The molecule has 4 nitrogen and oxygen atoms in total. The fourth-order valence-corrected chi connectivity index (χ4v) is 2.51. The fourth-order valence-electron chi connectivity index (χ4n) is 2.51. The number of rotatable bonds is 5. The first-order valence-electron chi connectivity index (χ1n) is 7.55. The first kappa shape index (κ1) is 15.0. The van der Waals surface area contributed by atoms with E-state index in [1.165, 1.54) is 6.07 Å². The van der Waals surface area contributed by atoms with Gasteiger partial charge in [0.05, 0.1) is 5.52 Å². The number of ether oxygens (including phenoxy) is 1.